The van der Waals surface area contributed by atoms with E-state index >= 15 is 0 Å². The largest absolute Gasteiger partial charge is 0.399 e. The van der Waals surface area contributed by atoms with Gasteiger partial charge in [0.15, 0.2) is 0 Å². The molecule has 1 saturated heterocycles. The second-order valence-electron chi connectivity index (χ2n) is 5.25. The van der Waals surface area contributed by atoms with Crippen LogP contribution in [0.5, 0.6) is 0 Å². The van der Waals surface area contributed by atoms with Gasteiger partial charge in [-0.3, -0.25) is 9.69 Å². The molecule has 104 valence electrons. The van der Waals surface area contributed by atoms with Crippen LogP contribution in [0.2, 0.25) is 5.02 Å². The molecule has 1 amide bonds. The molecule has 0 spiro atoms. The van der Waals surface area contributed by atoms with E-state index in [2.05, 4.69) is 17.1 Å². The van der Waals surface area contributed by atoms with Crippen LogP contribution in [0.3, 0.4) is 0 Å². The Morgan fingerprint density at radius 3 is 2.79 bits per heavy atom. The fourth-order valence-electron chi connectivity index (χ4n) is 2.25. The number of rotatable bonds is 3. The first-order valence-corrected chi connectivity index (χ1v) is 6.99. The first-order chi connectivity index (χ1) is 9.04. The van der Waals surface area contributed by atoms with E-state index in [1.807, 2.05) is 0 Å². The van der Waals surface area contributed by atoms with Crippen molar-refractivity contribution >= 4 is 28.9 Å². The molecule has 19 heavy (non-hydrogen) atoms. The number of nitrogen functional groups attached to an aromatic ring is 1. The van der Waals surface area contributed by atoms with Crippen LogP contribution < -0.4 is 11.1 Å². The van der Waals surface area contributed by atoms with Gasteiger partial charge in [0.05, 0.1) is 17.3 Å². The Hall–Kier alpha value is -1.26. The molecule has 1 aromatic carbocycles. The van der Waals surface area contributed by atoms with Crippen LogP contribution >= 0.6 is 11.6 Å². The molecule has 0 atom stereocenters. The van der Waals surface area contributed by atoms with E-state index < -0.39 is 0 Å². The van der Waals surface area contributed by atoms with Crippen LogP contribution in [-0.2, 0) is 4.79 Å². The van der Waals surface area contributed by atoms with Crippen LogP contribution in [0, 0.1) is 5.92 Å². The molecular weight excluding hydrogens is 262 g/mol. The maximum Gasteiger partial charge on any atom is 0.238 e. The minimum atomic E-state index is -0.0266. The molecule has 0 unspecified atom stereocenters. The van der Waals surface area contributed by atoms with Crippen LogP contribution in [0.1, 0.15) is 19.8 Å². The van der Waals surface area contributed by atoms with Gasteiger partial charge in [0, 0.05) is 5.69 Å². The number of halogens is 1. The van der Waals surface area contributed by atoms with Gasteiger partial charge in [-0.1, -0.05) is 18.5 Å². The summed E-state index contributed by atoms with van der Waals surface area (Å²) in [7, 11) is 0. The van der Waals surface area contributed by atoms with E-state index in [4.69, 9.17) is 17.3 Å². The number of hydrogen-bond acceptors (Lipinski definition) is 3. The number of benzene rings is 1. The van der Waals surface area contributed by atoms with Gasteiger partial charge in [-0.05, 0) is 50.0 Å². The molecule has 0 aromatic heterocycles. The third-order valence-electron chi connectivity index (χ3n) is 3.51. The summed E-state index contributed by atoms with van der Waals surface area (Å²) in [6.45, 7) is 4.66. The number of amides is 1. The molecule has 3 N–H and O–H groups in total. The predicted molar refractivity (Wildman–Crippen MR) is 79.3 cm³/mol. The number of piperidine rings is 1. The van der Waals surface area contributed by atoms with E-state index in [0.29, 0.717) is 22.9 Å². The van der Waals surface area contributed by atoms with Crippen LogP contribution in [0.15, 0.2) is 18.2 Å². The summed E-state index contributed by atoms with van der Waals surface area (Å²) in [5, 5.41) is 3.30. The lowest BCUT2D eigenvalue weighted by Crippen LogP contribution is -2.38. The number of carbonyl (C=O) groups is 1. The first kappa shape index (κ1) is 14.2. The number of likely N-dealkylation sites (tertiary alicyclic amines) is 1. The molecule has 0 aliphatic carbocycles. The fourth-order valence-corrected chi connectivity index (χ4v) is 2.48. The normalized spacial score (nSPS) is 17.4. The first-order valence-electron chi connectivity index (χ1n) is 6.62. The van der Waals surface area contributed by atoms with E-state index in [9.17, 15) is 4.79 Å². The monoisotopic (exact) mass is 281 g/mol. The summed E-state index contributed by atoms with van der Waals surface area (Å²) in [4.78, 5) is 14.1. The van der Waals surface area contributed by atoms with E-state index in [0.717, 1.165) is 31.8 Å². The summed E-state index contributed by atoms with van der Waals surface area (Å²) >= 11 is 6.03. The smallest absolute Gasteiger partial charge is 0.238 e. The topological polar surface area (TPSA) is 58.4 Å². The van der Waals surface area contributed by atoms with Crippen molar-refractivity contribution in [2.75, 3.05) is 30.7 Å². The Bertz CT molecular complexity index is 456. The standard InChI is InChI=1S/C14H20ClN3O/c1-10-4-6-18(7-5-10)9-14(19)17-13-3-2-11(16)8-12(13)15/h2-3,8,10H,4-7,9,16H2,1H3,(H,17,19). The molecule has 2 rings (SSSR count). The molecular formula is C14H20ClN3O. The van der Waals surface area contributed by atoms with Crippen LogP contribution in [-0.4, -0.2) is 30.4 Å². The lowest BCUT2D eigenvalue weighted by atomic mass is 9.99. The van der Waals surface area contributed by atoms with Gasteiger partial charge in [-0.15, -0.1) is 0 Å². The molecule has 0 radical (unpaired) electrons. The molecule has 1 fully saturated rings. The highest BCUT2D eigenvalue weighted by molar-refractivity contribution is 6.34. The summed E-state index contributed by atoms with van der Waals surface area (Å²) < 4.78 is 0. The van der Waals surface area contributed by atoms with Gasteiger partial charge < -0.3 is 11.1 Å². The molecule has 4 nitrogen and oxygen atoms in total. The van der Waals surface area contributed by atoms with E-state index in [1.54, 1.807) is 18.2 Å². The zero-order valence-electron chi connectivity index (χ0n) is 11.2. The van der Waals surface area contributed by atoms with Crippen LogP contribution in [0.4, 0.5) is 11.4 Å². The molecule has 1 heterocycles. The van der Waals surface area contributed by atoms with E-state index in [1.165, 1.54) is 0 Å². The second-order valence-corrected chi connectivity index (χ2v) is 5.65. The number of hydrogen-bond donors (Lipinski definition) is 2. The van der Waals surface area contributed by atoms with Crippen molar-refractivity contribution in [1.29, 1.82) is 0 Å². The predicted octanol–water partition coefficient (Wildman–Crippen LogP) is 2.59. The second kappa shape index (κ2) is 6.26. The van der Waals surface area contributed by atoms with Gasteiger partial charge in [0.2, 0.25) is 5.91 Å². The highest BCUT2D eigenvalue weighted by atomic mass is 35.5. The van der Waals surface area contributed by atoms with Crippen LogP contribution in [0.25, 0.3) is 0 Å². The summed E-state index contributed by atoms with van der Waals surface area (Å²) in [6.07, 6.45) is 2.33. The molecule has 0 saturated carbocycles. The van der Waals surface area contributed by atoms with Crippen molar-refractivity contribution in [1.82, 2.24) is 4.90 Å². The average Bonchev–Trinajstić information content (AvgIpc) is 2.36. The lowest BCUT2D eigenvalue weighted by Gasteiger charge is -2.29. The van der Waals surface area contributed by atoms with Gasteiger partial charge in [0.1, 0.15) is 0 Å². The number of carbonyl (C=O) groups excluding carboxylic acids is 1. The summed E-state index contributed by atoms with van der Waals surface area (Å²) in [5.74, 6) is 0.743. The third kappa shape index (κ3) is 4.11. The quantitative estimate of drug-likeness (QED) is 0.837. The number of anilines is 2. The van der Waals surface area contributed by atoms with Gasteiger partial charge in [-0.2, -0.15) is 0 Å². The summed E-state index contributed by atoms with van der Waals surface area (Å²) in [6, 6.07) is 5.09. The maximum absolute atomic E-state index is 12.0. The average molecular weight is 282 g/mol. The number of nitrogens with zero attached hydrogens (tertiary/aromatic N) is 1. The van der Waals surface area contributed by atoms with Crippen molar-refractivity contribution < 1.29 is 4.79 Å². The van der Waals surface area contributed by atoms with Crippen molar-refractivity contribution in [3.8, 4) is 0 Å². The summed E-state index contributed by atoms with van der Waals surface area (Å²) in [5.41, 5.74) is 6.82. The molecule has 1 aliphatic heterocycles. The molecule has 5 heteroatoms. The molecule has 1 aliphatic rings. The number of nitrogens with two attached hydrogens (primary N) is 1. The minimum absolute atomic E-state index is 0.0266. The Labute approximate surface area is 118 Å². The zero-order chi connectivity index (χ0) is 13.8. The maximum atomic E-state index is 12.0. The van der Waals surface area contributed by atoms with Crippen molar-refractivity contribution in [2.45, 2.75) is 19.8 Å². The number of nitrogens with one attached hydrogen (secondary N) is 1. The highest BCUT2D eigenvalue weighted by Crippen LogP contribution is 2.24. The van der Waals surface area contributed by atoms with Gasteiger partial charge >= 0.3 is 0 Å². The van der Waals surface area contributed by atoms with Gasteiger partial charge in [-0.25, -0.2) is 0 Å². The van der Waals surface area contributed by atoms with E-state index in [-0.39, 0.29) is 5.91 Å². The lowest BCUT2D eigenvalue weighted by molar-refractivity contribution is -0.117. The Kier molecular flexibility index (Phi) is 4.66. The molecule has 0 bridgehead atoms. The minimum Gasteiger partial charge on any atom is -0.399 e. The Morgan fingerprint density at radius 2 is 2.16 bits per heavy atom. The highest BCUT2D eigenvalue weighted by Gasteiger charge is 2.18. The van der Waals surface area contributed by atoms with Crippen molar-refractivity contribution in [3.63, 3.8) is 0 Å². The van der Waals surface area contributed by atoms with Crippen molar-refractivity contribution in [2.24, 2.45) is 5.92 Å². The fraction of sp³-hybridized carbons (Fsp3) is 0.500. The Balaban J connectivity index is 1.87. The third-order valence-corrected chi connectivity index (χ3v) is 3.82. The molecule has 1 aromatic rings. The SMILES string of the molecule is CC1CCN(CC(=O)Nc2ccc(N)cc2Cl)CC1. The van der Waals surface area contributed by atoms with Crippen molar-refractivity contribution in [3.05, 3.63) is 23.2 Å². The Morgan fingerprint density at radius 1 is 1.47 bits per heavy atom. The zero-order valence-corrected chi connectivity index (χ0v) is 11.9. The van der Waals surface area contributed by atoms with Gasteiger partial charge in [0.25, 0.3) is 0 Å².